The fourth-order valence-corrected chi connectivity index (χ4v) is 2.38. The van der Waals surface area contributed by atoms with Crippen molar-refractivity contribution in [3.63, 3.8) is 0 Å². The molecule has 2 aliphatic rings. The fraction of sp³-hybridized carbons (Fsp3) is 0.917. The molecule has 17 heavy (non-hydrogen) atoms. The maximum atomic E-state index is 11.8. The normalized spacial score (nSPS) is 29.7. The van der Waals surface area contributed by atoms with Crippen LogP contribution in [0.3, 0.4) is 0 Å². The maximum Gasteiger partial charge on any atom is 0.242 e. The molecule has 98 valence electrons. The molecule has 1 aliphatic heterocycles. The van der Waals surface area contributed by atoms with E-state index >= 15 is 0 Å². The Kier molecular flexibility index (Phi) is 4.36. The summed E-state index contributed by atoms with van der Waals surface area (Å²) in [5.74, 6) is -0.120. The summed E-state index contributed by atoms with van der Waals surface area (Å²) in [5.41, 5.74) is 5.10. The van der Waals surface area contributed by atoms with Gasteiger partial charge < -0.3 is 20.5 Å². The largest absolute Gasteiger partial charge is 0.379 e. The van der Waals surface area contributed by atoms with E-state index in [9.17, 15) is 4.79 Å². The summed E-state index contributed by atoms with van der Waals surface area (Å²) in [7, 11) is 0. The second-order valence-corrected chi connectivity index (χ2v) is 4.99. The summed E-state index contributed by atoms with van der Waals surface area (Å²) < 4.78 is 10.8. The molecule has 1 aliphatic carbocycles. The van der Waals surface area contributed by atoms with Crippen molar-refractivity contribution >= 4 is 5.91 Å². The van der Waals surface area contributed by atoms with Gasteiger partial charge in [-0.3, -0.25) is 4.79 Å². The van der Waals surface area contributed by atoms with E-state index in [2.05, 4.69) is 5.32 Å². The summed E-state index contributed by atoms with van der Waals surface area (Å²) in [6.45, 7) is 2.01. The Balaban J connectivity index is 1.59. The third-order valence-corrected chi connectivity index (χ3v) is 3.55. The van der Waals surface area contributed by atoms with Gasteiger partial charge in [-0.25, -0.2) is 0 Å². The lowest BCUT2D eigenvalue weighted by Crippen LogP contribution is -2.55. The SMILES string of the molecule is NC1(C(=O)NCCOC2CCCC2)CCOC1. The van der Waals surface area contributed by atoms with E-state index in [0.717, 1.165) is 12.8 Å². The number of nitrogens with one attached hydrogen (secondary N) is 1. The van der Waals surface area contributed by atoms with Crippen LogP contribution in [0.5, 0.6) is 0 Å². The predicted molar refractivity (Wildman–Crippen MR) is 63.6 cm³/mol. The van der Waals surface area contributed by atoms with Gasteiger partial charge >= 0.3 is 0 Å². The van der Waals surface area contributed by atoms with E-state index in [4.69, 9.17) is 15.2 Å². The number of ether oxygens (including phenoxy) is 2. The first-order chi connectivity index (χ1) is 8.21. The van der Waals surface area contributed by atoms with Gasteiger partial charge in [0.1, 0.15) is 5.54 Å². The third kappa shape index (κ3) is 3.40. The molecule has 0 spiro atoms. The summed E-state index contributed by atoms with van der Waals surface area (Å²) in [6, 6.07) is 0. The minimum Gasteiger partial charge on any atom is -0.379 e. The Morgan fingerprint density at radius 3 is 2.88 bits per heavy atom. The number of carbonyl (C=O) groups is 1. The number of amides is 1. The standard InChI is InChI=1S/C12H22N2O3/c13-12(5-7-16-9-12)11(15)14-6-8-17-10-3-1-2-4-10/h10H,1-9,13H2,(H,14,15). The Morgan fingerprint density at radius 1 is 1.47 bits per heavy atom. The van der Waals surface area contributed by atoms with Crippen molar-refractivity contribution in [3.05, 3.63) is 0 Å². The van der Waals surface area contributed by atoms with Crippen LogP contribution in [0.2, 0.25) is 0 Å². The van der Waals surface area contributed by atoms with E-state index in [1.165, 1.54) is 12.8 Å². The van der Waals surface area contributed by atoms with Crippen molar-refractivity contribution in [2.24, 2.45) is 5.73 Å². The van der Waals surface area contributed by atoms with E-state index in [0.29, 0.717) is 38.9 Å². The van der Waals surface area contributed by atoms with Crippen molar-refractivity contribution in [2.75, 3.05) is 26.4 Å². The summed E-state index contributed by atoms with van der Waals surface area (Å²) in [6.07, 6.45) is 5.84. The minimum absolute atomic E-state index is 0.120. The molecule has 1 heterocycles. The fourth-order valence-electron chi connectivity index (χ4n) is 2.38. The van der Waals surface area contributed by atoms with Crippen LogP contribution in [0.4, 0.5) is 0 Å². The second-order valence-electron chi connectivity index (χ2n) is 4.99. The molecule has 1 saturated heterocycles. The Labute approximate surface area is 102 Å². The van der Waals surface area contributed by atoms with E-state index < -0.39 is 5.54 Å². The molecular formula is C12H22N2O3. The number of nitrogens with two attached hydrogens (primary N) is 1. The van der Waals surface area contributed by atoms with Crippen LogP contribution in [0.1, 0.15) is 32.1 Å². The van der Waals surface area contributed by atoms with Crippen molar-refractivity contribution < 1.29 is 14.3 Å². The number of hydrogen-bond donors (Lipinski definition) is 2. The van der Waals surface area contributed by atoms with Gasteiger partial charge in [0.05, 0.1) is 19.3 Å². The molecule has 2 fully saturated rings. The van der Waals surface area contributed by atoms with E-state index in [-0.39, 0.29) is 5.91 Å². The molecule has 1 atom stereocenters. The topological polar surface area (TPSA) is 73.6 Å². The van der Waals surface area contributed by atoms with Crippen LogP contribution < -0.4 is 11.1 Å². The van der Waals surface area contributed by atoms with Crippen LogP contribution in [0, 0.1) is 0 Å². The average Bonchev–Trinajstić information content (AvgIpc) is 2.96. The first kappa shape index (κ1) is 12.8. The first-order valence-electron chi connectivity index (χ1n) is 6.47. The molecule has 5 nitrogen and oxygen atoms in total. The highest BCUT2D eigenvalue weighted by atomic mass is 16.5. The predicted octanol–water partition coefficient (Wildman–Crippen LogP) is 0.180. The first-order valence-corrected chi connectivity index (χ1v) is 6.47. The average molecular weight is 242 g/mol. The molecule has 0 bridgehead atoms. The van der Waals surface area contributed by atoms with Crippen molar-refractivity contribution in [3.8, 4) is 0 Å². The summed E-state index contributed by atoms with van der Waals surface area (Å²) in [5, 5.41) is 2.82. The van der Waals surface area contributed by atoms with E-state index in [1.54, 1.807) is 0 Å². The molecule has 2 rings (SSSR count). The van der Waals surface area contributed by atoms with Gasteiger partial charge in [-0.1, -0.05) is 12.8 Å². The lowest BCUT2D eigenvalue weighted by Gasteiger charge is -2.20. The van der Waals surface area contributed by atoms with Crippen LogP contribution >= 0.6 is 0 Å². The highest BCUT2D eigenvalue weighted by molar-refractivity contribution is 5.86. The lowest BCUT2D eigenvalue weighted by molar-refractivity contribution is -0.126. The van der Waals surface area contributed by atoms with E-state index in [1.807, 2.05) is 0 Å². The molecular weight excluding hydrogens is 220 g/mol. The number of hydrogen-bond acceptors (Lipinski definition) is 4. The third-order valence-electron chi connectivity index (χ3n) is 3.55. The molecule has 0 aromatic rings. The maximum absolute atomic E-state index is 11.8. The Morgan fingerprint density at radius 2 is 2.24 bits per heavy atom. The summed E-state index contributed by atoms with van der Waals surface area (Å²) >= 11 is 0. The molecule has 1 saturated carbocycles. The van der Waals surface area contributed by atoms with Gasteiger partial charge in [0.2, 0.25) is 5.91 Å². The zero-order valence-electron chi connectivity index (χ0n) is 10.2. The van der Waals surface area contributed by atoms with Gasteiger partial charge in [0.15, 0.2) is 0 Å². The molecule has 3 N–H and O–H groups in total. The smallest absolute Gasteiger partial charge is 0.242 e. The van der Waals surface area contributed by atoms with Gasteiger partial charge in [0.25, 0.3) is 0 Å². The molecule has 1 amide bonds. The van der Waals surface area contributed by atoms with Gasteiger partial charge in [-0.2, -0.15) is 0 Å². The zero-order chi connectivity index (χ0) is 12.1. The Bertz CT molecular complexity index is 258. The molecule has 0 aromatic carbocycles. The van der Waals surface area contributed by atoms with Crippen molar-refractivity contribution in [2.45, 2.75) is 43.7 Å². The Hall–Kier alpha value is -0.650. The van der Waals surface area contributed by atoms with Crippen molar-refractivity contribution in [1.29, 1.82) is 0 Å². The molecule has 0 radical (unpaired) electrons. The van der Waals surface area contributed by atoms with Gasteiger partial charge in [0, 0.05) is 13.2 Å². The highest BCUT2D eigenvalue weighted by Crippen LogP contribution is 2.20. The van der Waals surface area contributed by atoms with Gasteiger partial charge in [-0.15, -0.1) is 0 Å². The lowest BCUT2D eigenvalue weighted by atomic mass is 9.99. The number of carbonyl (C=O) groups excluding carboxylic acids is 1. The van der Waals surface area contributed by atoms with Crippen molar-refractivity contribution in [1.82, 2.24) is 5.32 Å². The quantitative estimate of drug-likeness (QED) is 0.674. The summed E-state index contributed by atoms with van der Waals surface area (Å²) in [4.78, 5) is 11.8. The second kappa shape index (κ2) is 5.80. The minimum atomic E-state index is -0.826. The monoisotopic (exact) mass is 242 g/mol. The highest BCUT2D eigenvalue weighted by Gasteiger charge is 2.37. The van der Waals surface area contributed by atoms with Crippen LogP contribution in [-0.4, -0.2) is 43.9 Å². The van der Waals surface area contributed by atoms with Gasteiger partial charge in [-0.05, 0) is 19.3 Å². The van der Waals surface area contributed by atoms with Crippen LogP contribution in [0.15, 0.2) is 0 Å². The van der Waals surface area contributed by atoms with Crippen LogP contribution in [0.25, 0.3) is 0 Å². The number of rotatable bonds is 5. The molecule has 0 aromatic heterocycles. The molecule has 1 unspecified atom stereocenters. The zero-order valence-corrected chi connectivity index (χ0v) is 10.2. The van der Waals surface area contributed by atoms with Crippen LogP contribution in [-0.2, 0) is 14.3 Å². The molecule has 5 heteroatoms.